The number of carbonyl (C=O) groups is 2. The van der Waals surface area contributed by atoms with Crippen LogP contribution in [0.4, 0.5) is 4.79 Å². The standard InChI is InChI=1S/C14H28N2O4/c1-12(6-7-13(17)18)8-10-16-14(19)15-9-4-3-5-11-20-2/h12H,3-11H2,1-2H3,(H,17,18)(H2,15,16,19). The highest BCUT2D eigenvalue weighted by atomic mass is 16.5. The largest absolute Gasteiger partial charge is 0.481 e. The lowest BCUT2D eigenvalue weighted by atomic mass is 10.0. The van der Waals surface area contributed by atoms with Crippen LogP contribution < -0.4 is 10.6 Å². The number of nitrogens with one attached hydrogen (secondary N) is 2. The molecule has 20 heavy (non-hydrogen) atoms. The van der Waals surface area contributed by atoms with Gasteiger partial charge < -0.3 is 20.5 Å². The molecule has 0 aromatic rings. The summed E-state index contributed by atoms with van der Waals surface area (Å²) in [6.07, 6.45) is 4.65. The van der Waals surface area contributed by atoms with Crippen molar-refractivity contribution in [2.45, 2.75) is 45.4 Å². The van der Waals surface area contributed by atoms with Crippen LogP contribution in [0, 0.1) is 5.92 Å². The van der Waals surface area contributed by atoms with Crippen molar-refractivity contribution >= 4 is 12.0 Å². The summed E-state index contributed by atoms with van der Waals surface area (Å²) >= 11 is 0. The van der Waals surface area contributed by atoms with Gasteiger partial charge >= 0.3 is 12.0 Å². The average molecular weight is 288 g/mol. The second-order valence-electron chi connectivity index (χ2n) is 5.06. The fourth-order valence-electron chi connectivity index (χ4n) is 1.76. The molecule has 0 aromatic carbocycles. The number of amides is 2. The Balaban J connectivity index is 3.37. The quantitative estimate of drug-likeness (QED) is 0.479. The average Bonchev–Trinajstić information content (AvgIpc) is 2.40. The Labute approximate surface area is 121 Å². The molecule has 0 saturated heterocycles. The van der Waals surface area contributed by atoms with E-state index in [1.165, 1.54) is 0 Å². The summed E-state index contributed by atoms with van der Waals surface area (Å²) in [7, 11) is 1.68. The van der Waals surface area contributed by atoms with E-state index in [-0.39, 0.29) is 12.5 Å². The maximum absolute atomic E-state index is 11.4. The summed E-state index contributed by atoms with van der Waals surface area (Å²) in [4.78, 5) is 21.8. The smallest absolute Gasteiger partial charge is 0.314 e. The third-order valence-electron chi connectivity index (χ3n) is 3.08. The van der Waals surface area contributed by atoms with Crippen LogP contribution in [0.3, 0.4) is 0 Å². The molecule has 6 nitrogen and oxygen atoms in total. The zero-order chi connectivity index (χ0) is 15.2. The zero-order valence-corrected chi connectivity index (χ0v) is 12.6. The van der Waals surface area contributed by atoms with Crippen molar-refractivity contribution < 1.29 is 19.4 Å². The van der Waals surface area contributed by atoms with E-state index in [4.69, 9.17) is 9.84 Å². The van der Waals surface area contributed by atoms with Crippen LogP contribution in [0.15, 0.2) is 0 Å². The minimum atomic E-state index is -0.768. The number of hydrogen-bond donors (Lipinski definition) is 3. The molecule has 0 bridgehead atoms. The molecule has 3 N–H and O–H groups in total. The van der Waals surface area contributed by atoms with Gasteiger partial charge in [0, 0.05) is 33.2 Å². The molecule has 0 rings (SSSR count). The molecule has 1 atom stereocenters. The minimum Gasteiger partial charge on any atom is -0.481 e. The Hall–Kier alpha value is -1.30. The molecule has 0 radical (unpaired) electrons. The first-order valence-corrected chi connectivity index (χ1v) is 7.28. The highest BCUT2D eigenvalue weighted by molar-refractivity contribution is 5.73. The summed E-state index contributed by atoms with van der Waals surface area (Å²) in [6, 6.07) is -0.151. The van der Waals surface area contributed by atoms with Gasteiger partial charge in [-0.15, -0.1) is 0 Å². The topological polar surface area (TPSA) is 87.7 Å². The molecule has 0 aromatic heterocycles. The summed E-state index contributed by atoms with van der Waals surface area (Å²) in [6.45, 7) is 4.01. The normalized spacial score (nSPS) is 11.9. The lowest BCUT2D eigenvalue weighted by molar-refractivity contribution is -0.137. The molecular formula is C14H28N2O4. The van der Waals surface area contributed by atoms with E-state index >= 15 is 0 Å². The number of carboxylic acids is 1. The van der Waals surface area contributed by atoms with Crippen molar-refractivity contribution in [3.05, 3.63) is 0 Å². The highest BCUT2D eigenvalue weighted by Gasteiger charge is 2.06. The van der Waals surface area contributed by atoms with Crippen molar-refractivity contribution in [3.8, 4) is 0 Å². The van der Waals surface area contributed by atoms with Crippen molar-refractivity contribution in [2.24, 2.45) is 5.92 Å². The van der Waals surface area contributed by atoms with E-state index in [1.54, 1.807) is 7.11 Å². The number of urea groups is 1. The number of carbonyl (C=O) groups excluding carboxylic acids is 1. The number of hydrogen-bond acceptors (Lipinski definition) is 3. The number of methoxy groups -OCH3 is 1. The Morgan fingerprint density at radius 2 is 1.80 bits per heavy atom. The van der Waals surface area contributed by atoms with Crippen LogP contribution in [0.1, 0.15) is 45.4 Å². The third kappa shape index (κ3) is 13.1. The van der Waals surface area contributed by atoms with Gasteiger partial charge in [0.05, 0.1) is 0 Å². The zero-order valence-electron chi connectivity index (χ0n) is 12.6. The van der Waals surface area contributed by atoms with Crippen LogP contribution in [-0.4, -0.2) is 43.9 Å². The number of rotatable bonds is 12. The van der Waals surface area contributed by atoms with E-state index in [2.05, 4.69) is 10.6 Å². The Kier molecular flexibility index (Phi) is 11.9. The van der Waals surface area contributed by atoms with Crippen molar-refractivity contribution in [1.82, 2.24) is 10.6 Å². The van der Waals surface area contributed by atoms with Gasteiger partial charge in [0.1, 0.15) is 0 Å². The summed E-state index contributed by atoms with van der Waals surface area (Å²) < 4.78 is 4.94. The van der Waals surface area contributed by atoms with Crippen LogP contribution >= 0.6 is 0 Å². The lowest BCUT2D eigenvalue weighted by Crippen LogP contribution is -2.36. The molecule has 0 aliphatic rings. The van der Waals surface area contributed by atoms with Crippen molar-refractivity contribution in [2.75, 3.05) is 26.8 Å². The molecule has 2 amide bonds. The first-order valence-electron chi connectivity index (χ1n) is 7.28. The highest BCUT2D eigenvalue weighted by Crippen LogP contribution is 2.08. The summed E-state index contributed by atoms with van der Waals surface area (Å²) in [5.41, 5.74) is 0. The third-order valence-corrected chi connectivity index (χ3v) is 3.08. The van der Waals surface area contributed by atoms with Gasteiger partial charge in [-0.25, -0.2) is 4.79 Å². The second kappa shape index (κ2) is 12.7. The fraction of sp³-hybridized carbons (Fsp3) is 0.857. The van der Waals surface area contributed by atoms with Gasteiger partial charge in [0.15, 0.2) is 0 Å². The first kappa shape index (κ1) is 18.7. The van der Waals surface area contributed by atoms with Gasteiger partial charge in [-0.3, -0.25) is 4.79 Å². The molecule has 0 aliphatic carbocycles. The van der Waals surface area contributed by atoms with Crippen LogP contribution in [0.2, 0.25) is 0 Å². The SMILES string of the molecule is COCCCCCNC(=O)NCCC(C)CCC(=O)O. The maximum Gasteiger partial charge on any atom is 0.314 e. The van der Waals surface area contributed by atoms with Gasteiger partial charge in [0.2, 0.25) is 0 Å². The molecule has 118 valence electrons. The summed E-state index contributed by atoms with van der Waals surface area (Å²) in [5.74, 6) is -0.462. The Morgan fingerprint density at radius 1 is 1.10 bits per heavy atom. The van der Waals surface area contributed by atoms with E-state index in [0.717, 1.165) is 32.3 Å². The number of unbranched alkanes of at least 4 members (excludes halogenated alkanes) is 2. The molecule has 6 heteroatoms. The van der Waals surface area contributed by atoms with Crippen LogP contribution in [-0.2, 0) is 9.53 Å². The molecule has 0 aliphatic heterocycles. The van der Waals surface area contributed by atoms with Gasteiger partial charge in [-0.2, -0.15) is 0 Å². The van der Waals surface area contributed by atoms with E-state index in [1.807, 2.05) is 6.92 Å². The Bertz CT molecular complexity index is 272. The predicted octanol–water partition coefficient (Wildman–Crippen LogP) is 1.99. The van der Waals surface area contributed by atoms with E-state index in [9.17, 15) is 9.59 Å². The second-order valence-corrected chi connectivity index (χ2v) is 5.06. The van der Waals surface area contributed by atoms with Crippen LogP contribution in [0.5, 0.6) is 0 Å². The minimum absolute atomic E-state index is 0.151. The Morgan fingerprint density at radius 3 is 2.45 bits per heavy atom. The molecule has 0 spiro atoms. The maximum atomic E-state index is 11.4. The molecule has 0 heterocycles. The number of carboxylic acid groups (broad SMARTS) is 1. The predicted molar refractivity (Wildman–Crippen MR) is 77.8 cm³/mol. The molecule has 0 saturated carbocycles. The fourth-order valence-corrected chi connectivity index (χ4v) is 1.76. The van der Waals surface area contributed by atoms with Gasteiger partial charge in [0.25, 0.3) is 0 Å². The number of ether oxygens (including phenoxy) is 1. The van der Waals surface area contributed by atoms with Gasteiger partial charge in [-0.1, -0.05) is 6.92 Å². The monoisotopic (exact) mass is 288 g/mol. The van der Waals surface area contributed by atoms with Crippen LogP contribution in [0.25, 0.3) is 0 Å². The van der Waals surface area contributed by atoms with E-state index < -0.39 is 5.97 Å². The molecular weight excluding hydrogens is 260 g/mol. The van der Waals surface area contributed by atoms with Crippen molar-refractivity contribution in [3.63, 3.8) is 0 Å². The number of aliphatic carboxylic acids is 1. The van der Waals surface area contributed by atoms with Crippen molar-refractivity contribution in [1.29, 1.82) is 0 Å². The lowest BCUT2D eigenvalue weighted by Gasteiger charge is -2.11. The molecule has 0 fully saturated rings. The summed E-state index contributed by atoms with van der Waals surface area (Å²) in [5, 5.41) is 14.1. The van der Waals surface area contributed by atoms with Gasteiger partial charge in [-0.05, 0) is 38.0 Å². The first-order chi connectivity index (χ1) is 9.56. The van der Waals surface area contributed by atoms with E-state index in [0.29, 0.717) is 25.4 Å². The molecule has 1 unspecified atom stereocenters.